The summed E-state index contributed by atoms with van der Waals surface area (Å²) < 4.78 is 34.7. The normalized spacial score (nSPS) is 26.4. The summed E-state index contributed by atoms with van der Waals surface area (Å²) in [6.07, 6.45) is 2.45. The van der Waals surface area contributed by atoms with Crippen molar-refractivity contribution in [1.82, 2.24) is 20.7 Å². The Morgan fingerprint density at radius 3 is 2.48 bits per heavy atom. The van der Waals surface area contributed by atoms with Crippen molar-refractivity contribution in [3.05, 3.63) is 69.8 Å². The third-order valence-electron chi connectivity index (χ3n) is 15.4. The van der Waals surface area contributed by atoms with Gasteiger partial charge in [0.15, 0.2) is 5.72 Å². The number of allylic oxidation sites excluding steroid dienone is 3. The lowest BCUT2D eigenvalue weighted by atomic mass is 9.83. The molecule has 4 aliphatic heterocycles. The molecule has 26 heteroatoms. The second kappa shape index (κ2) is 27.8. The molecule has 8 atom stereocenters. The number of aliphatic hydroxyl groups is 1. The molecule has 5 aliphatic rings. The Morgan fingerprint density at radius 2 is 1.77 bits per heavy atom. The number of anilines is 1. The molecule has 1 aliphatic carbocycles. The van der Waals surface area contributed by atoms with Gasteiger partial charge >= 0.3 is 18.0 Å². The molecule has 7 rings (SSSR count). The molecule has 4 heterocycles. The number of hydrogen-bond donors (Lipinski definition) is 4. The monoisotopic (exact) mass is 1230 g/mol. The minimum Gasteiger partial charge on any atom is -0.507 e. The van der Waals surface area contributed by atoms with Gasteiger partial charge in [0.2, 0.25) is 17.7 Å². The molecule has 6 amide bonds. The molecule has 84 heavy (non-hydrogen) atoms. The first-order valence-electron chi connectivity index (χ1n) is 27.7. The Balaban J connectivity index is 0.932. The molecule has 2 aromatic carbocycles. The number of carbonyl (C=O) groups excluding carboxylic acids is 8. The van der Waals surface area contributed by atoms with Crippen LogP contribution in [0.15, 0.2) is 53.2 Å². The fourth-order valence-corrected chi connectivity index (χ4v) is 13.3. The molecule has 4 N–H and O–H groups in total. The largest absolute Gasteiger partial charge is 0.507 e. The number of epoxide rings is 1. The number of methoxy groups -OCH3 is 2. The van der Waals surface area contributed by atoms with Crippen LogP contribution >= 0.6 is 33.2 Å². The number of phenols is 1. The number of nitrogens with one attached hydrogen (secondary N) is 2. The second-order valence-corrected chi connectivity index (χ2v) is 25.9. The van der Waals surface area contributed by atoms with Crippen molar-refractivity contribution in [2.45, 2.75) is 165 Å². The number of aromatic hydroxyl groups is 1. The minimum absolute atomic E-state index is 0.000201. The molecule has 23 nitrogen and oxygen atoms in total. The lowest BCUT2D eigenvalue weighted by molar-refractivity contribution is -0.197. The maximum absolute atomic E-state index is 14.4. The van der Waals surface area contributed by atoms with Crippen LogP contribution in [0, 0.1) is 5.92 Å². The van der Waals surface area contributed by atoms with Gasteiger partial charge in [-0.1, -0.05) is 63.9 Å². The van der Waals surface area contributed by atoms with E-state index in [1.54, 1.807) is 51.2 Å². The number of aryl methyl sites for hydroxylation is 1. The molecule has 3 saturated heterocycles. The summed E-state index contributed by atoms with van der Waals surface area (Å²) in [5.41, 5.74) is 3.23. The van der Waals surface area contributed by atoms with E-state index in [0.717, 1.165) is 16.7 Å². The molecule has 0 aromatic heterocycles. The van der Waals surface area contributed by atoms with E-state index in [9.17, 15) is 48.6 Å². The lowest BCUT2D eigenvalue weighted by Gasteiger charge is -2.42. The van der Waals surface area contributed by atoms with Crippen molar-refractivity contribution in [2.75, 3.05) is 45.6 Å². The Labute approximate surface area is 501 Å². The van der Waals surface area contributed by atoms with Crippen LogP contribution in [0.5, 0.6) is 17.2 Å². The topological polar surface area (TPSA) is 291 Å². The van der Waals surface area contributed by atoms with Crippen molar-refractivity contribution in [2.24, 2.45) is 11.0 Å². The van der Waals surface area contributed by atoms with Crippen LogP contribution in [0.3, 0.4) is 0 Å². The van der Waals surface area contributed by atoms with Gasteiger partial charge in [0, 0.05) is 81.4 Å². The minimum atomic E-state index is -1.88. The van der Waals surface area contributed by atoms with Gasteiger partial charge in [-0.3, -0.25) is 29.3 Å². The molecular formula is C58H75ClN6O17S2. The van der Waals surface area contributed by atoms with E-state index in [1.807, 2.05) is 26.8 Å². The number of alkyl carbamates (subject to hydrolysis) is 1. The zero-order valence-corrected chi connectivity index (χ0v) is 51.3. The highest BCUT2D eigenvalue weighted by Crippen LogP contribution is 2.49. The SMILES string of the molecule is COc1cc2cc(c1Cl)N(C)C(=O)C[C@H](OC(=O)[C@H](C)N(C)C(=O)CCSSC(C)(C)CC(=O)N/N=C1\CCCc3cc(OCCCC(=O)ON4C(=O)CCC4=O)cc(O)c31)C1(C)O[C@H]1[C@H](C)[C@@H]1C[C@@](O)(NC(=O)O1)[C@H](OC)/C=C/C=C(\C)C2. The standard InChI is InChI=1S/C58H75ClN6O17S2/c1-32-14-11-17-43(77-10)58(75)30-42(79-55(74)60-58)33(2)53-57(6,81-53)44(29-49(71)64(8)39-25-35(24-32)26-41(76-9)52(39)59)80-54(73)34(3)63(7)46(68)21-23-83-84-56(4,5)31-45(67)62-61-38-16-12-15-36-27-37(28-40(66)51(36)38)78-22-13-18-50(72)82-65-47(69)19-20-48(65)70/h11,14,17,25-28,33-34,42-44,53,66,75H,12-13,15-16,18-24,29-31H2,1-10H3,(H,60,74)(H,62,67)/b17-11+,32-14+,61-38+/t33-,34+,42+,43-,44+,53+,57?,58+/m1/s1. The van der Waals surface area contributed by atoms with Crippen LogP contribution in [0.4, 0.5) is 10.5 Å². The predicted octanol–water partition coefficient (Wildman–Crippen LogP) is 6.78. The summed E-state index contributed by atoms with van der Waals surface area (Å²) in [5.74, 6) is -3.52. The maximum Gasteiger partial charge on any atom is 0.409 e. The third-order valence-corrected chi connectivity index (χ3v) is 19.1. The molecule has 4 bridgehead atoms. The molecule has 458 valence electrons. The van der Waals surface area contributed by atoms with Crippen molar-refractivity contribution in [1.29, 1.82) is 0 Å². The van der Waals surface area contributed by atoms with Crippen LogP contribution < -0.4 is 25.1 Å². The number of hydroxylamine groups is 2. The molecule has 1 unspecified atom stereocenters. The first-order chi connectivity index (χ1) is 39.7. The third kappa shape index (κ3) is 15.9. The smallest absolute Gasteiger partial charge is 0.409 e. The van der Waals surface area contributed by atoms with E-state index in [0.29, 0.717) is 65.0 Å². The van der Waals surface area contributed by atoms with E-state index in [1.165, 1.54) is 65.6 Å². The quantitative estimate of drug-likeness (QED) is 0.0281. The fraction of sp³-hybridized carbons (Fsp3) is 0.569. The second-order valence-electron chi connectivity index (χ2n) is 22.4. The average molecular weight is 1230 g/mol. The van der Waals surface area contributed by atoms with Gasteiger partial charge in [-0.05, 0) is 96.0 Å². The summed E-state index contributed by atoms with van der Waals surface area (Å²) in [5, 5.41) is 30.5. The number of benzene rings is 2. The average Bonchev–Trinajstić information content (AvgIpc) is 3.64. The number of hydrazone groups is 1. The van der Waals surface area contributed by atoms with Crippen LogP contribution in [0.2, 0.25) is 5.02 Å². The zero-order valence-electron chi connectivity index (χ0n) is 48.9. The van der Waals surface area contributed by atoms with Crippen molar-refractivity contribution >= 4 is 92.2 Å². The fourth-order valence-electron chi connectivity index (χ4n) is 10.5. The number of hydrogen-bond acceptors (Lipinski definition) is 20. The summed E-state index contributed by atoms with van der Waals surface area (Å²) in [7, 11) is 8.71. The molecular weight excluding hydrogens is 1150 g/mol. The van der Waals surface area contributed by atoms with Gasteiger partial charge < -0.3 is 53.3 Å². The maximum atomic E-state index is 14.4. The number of imide groups is 1. The number of phenolic OH excluding ortho intramolecular Hbond substituents is 1. The Bertz CT molecular complexity index is 2960. The van der Waals surface area contributed by atoms with Crippen LogP contribution in [0.1, 0.15) is 122 Å². The highest BCUT2D eigenvalue weighted by molar-refractivity contribution is 8.77. The first-order valence-corrected chi connectivity index (χ1v) is 30.4. The lowest BCUT2D eigenvalue weighted by Crippen LogP contribution is -2.63. The van der Waals surface area contributed by atoms with Crippen molar-refractivity contribution < 1.29 is 81.8 Å². The van der Waals surface area contributed by atoms with Gasteiger partial charge in [-0.15, -0.1) is 5.06 Å². The number of ether oxygens (including phenoxy) is 6. The summed E-state index contributed by atoms with van der Waals surface area (Å²) in [4.78, 5) is 112. The van der Waals surface area contributed by atoms with E-state index >= 15 is 0 Å². The van der Waals surface area contributed by atoms with Crippen molar-refractivity contribution in [3.8, 4) is 17.2 Å². The number of halogens is 1. The first kappa shape index (κ1) is 65.2. The van der Waals surface area contributed by atoms with Gasteiger partial charge in [-0.25, -0.2) is 19.8 Å². The Hall–Kier alpha value is -6.38. The zero-order chi connectivity index (χ0) is 61.4. The molecule has 3 fully saturated rings. The summed E-state index contributed by atoms with van der Waals surface area (Å²) >= 11 is 6.84. The number of fused-ring (bicyclic) bond motifs is 6. The van der Waals surface area contributed by atoms with E-state index < -0.39 is 88.2 Å². The van der Waals surface area contributed by atoms with Crippen molar-refractivity contribution in [3.63, 3.8) is 0 Å². The van der Waals surface area contributed by atoms with E-state index in [2.05, 4.69) is 15.8 Å². The van der Waals surface area contributed by atoms with Gasteiger partial charge in [-0.2, -0.15) is 5.10 Å². The molecule has 0 spiro atoms. The molecule has 0 radical (unpaired) electrons. The number of likely N-dealkylation sites (N-methyl/N-ethyl adjacent to an activating group) is 1. The Morgan fingerprint density at radius 1 is 1.05 bits per heavy atom. The number of nitrogens with zero attached hydrogens (tertiary/aromatic N) is 4. The molecule has 0 saturated carbocycles. The highest BCUT2D eigenvalue weighted by Gasteiger charge is 2.64. The van der Waals surface area contributed by atoms with E-state index in [4.69, 9.17) is 44.9 Å². The number of esters is 1. The number of carbonyl (C=O) groups is 8. The Kier molecular flexibility index (Phi) is 21.5. The summed E-state index contributed by atoms with van der Waals surface area (Å²) in [6, 6.07) is 5.64. The van der Waals surface area contributed by atoms with Gasteiger partial charge in [0.1, 0.15) is 52.2 Å². The van der Waals surface area contributed by atoms with Crippen LogP contribution in [0.25, 0.3) is 0 Å². The summed E-state index contributed by atoms with van der Waals surface area (Å²) in [6.45, 7) is 10.8. The number of amides is 6. The van der Waals surface area contributed by atoms with Crippen LogP contribution in [-0.2, 0) is 70.2 Å². The van der Waals surface area contributed by atoms with Gasteiger partial charge in [0.05, 0.1) is 44.1 Å². The van der Waals surface area contributed by atoms with E-state index in [-0.39, 0.29) is 80.6 Å². The predicted molar refractivity (Wildman–Crippen MR) is 312 cm³/mol. The number of rotatable bonds is 19. The molecule has 2 aromatic rings. The van der Waals surface area contributed by atoms with Gasteiger partial charge in [0.25, 0.3) is 11.8 Å². The van der Waals surface area contributed by atoms with Crippen LogP contribution in [-0.4, -0.2) is 161 Å². The highest BCUT2D eigenvalue weighted by atomic mass is 35.5.